The molecule has 1 aromatic carbocycles. The third-order valence-electron chi connectivity index (χ3n) is 2.31. The molecule has 0 saturated carbocycles. The minimum atomic E-state index is -0.709. The number of benzene rings is 1. The Balaban J connectivity index is 2.35. The van der Waals surface area contributed by atoms with Crippen molar-refractivity contribution in [1.82, 2.24) is 0 Å². The van der Waals surface area contributed by atoms with E-state index in [-0.39, 0.29) is 5.56 Å². The molecule has 0 spiro atoms. The van der Waals surface area contributed by atoms with E-state index in [2.05, 4.69) is 0 Å². The van der Waals surface area contributed by atoms with Crippen LogP contribution in [0.1, 0.15) is 15.8 Å². The molecule has 5 heteroatoms. The molecular weight excluding hydrogens is 266 g/mol. The summed E-state index contributed by atoms with van der Waals surface area (Å²) in [4.78, 5) is 0.716. The van der Waals surface area contributed by atoms with Crippen molar-refractivity contribution in [2.45, 2.75) is 5.38 Å². The minimum Gasteiger partial charge on any atom is -0.496 e. The van der Waals surface area contributed by atoms with Gasteiger partial charge in [-0.25, -0.2) is 8.78 Å². The maximum atomic E-state index is 13.5. The molecule has 0 radical (unpaired) electrons. The zero-order valence-corrected chi connectivity index (χ0v) is 10.5. The summed E-state index contributed by atoms with van der Waals surface area (Å²) in [6.45, 7) is 0. The number of thiophene rings is 1. The van der Waals surface area contributed by atoms with Crippen molar-refractivity contribution in [3.05, 3.63) is 51.7 Å². The van der Waals surface area contributed by atoms with Crippen LogP contribution >= 0.6 is 22.9 Å². The third-order valence-corrected chi connectivity index (χ3v) is 3.89. The molecule has 90 valence electrons. The molecule has 2 aromatic rings. The van der Waals surface area contributed by atoms with Crippen LogP contribution in [0.5, 0.6) is 5.75 Å². The standard InChI is InChI=1S/C12H9ClF2OS/c1-16-8-5-11(17-6-8)12(13)9-4-7(14)2-3-10(9)15/h2-6,12H,1H3. The van der Waals surface area contributed by atoms with Gasteiger partial charge in [-0.3, -0.25) is 0 Å². The average molecular weight is 275 g/mol. The molecule has 17 heavy (non-hydrogen) atoms. The lowest BCUT2D eigenvalue weighted by Crippen LogP contribution is -1.96. The molecule has 0 N–H and O–H groups in total. The first-order valence-corrected chi connectivity index (χ1v) is 6.15. The molecule has 0 fully saturated rings. The fourth-order valence-electron chi connectivity index (χ4n) is 1.44. The minimum absolute atomic E-state index is 0.135. The largest absolute Gasteiger partial charge is 0.496 e. The quantitative estimate of drug-likeness (QED) is 0.756. The molecule has 0 aliphatic heterocycles. The van der Waals surface area contributed by atoms with Crippen molar-refractivity contribution in [3.8, 4) is 5.75 Å². The molecule has 0 aliphatic carbocycles. The van der Waals surface area contributed by atoms with Crippen molar-refractivity contribution in [1.29, 1.82) is 0 Å². The first-order valence-electron chi connectivity index (χ1n) is 4.83. The second kappa shape index (κ2) is 5.02. The number of hydrogen-bond donors (Lipinski definition) is 0. The highest BCUT2D eigenvalue weighted by Gasteiger charge is 2.18. The summed E-state index contributed by atoms with van der Waals surface area (Å²) in [5, 5.41) is 1.06. The first kappa shape index (κ1) is 12.3. The Morgan fingerprint density at radius 3 is 2.71 bits per heavy atom. The van der Waals surface area contributed by atoms with Gasteiger partial charge in [-0.15, -0.1) is 22.9 Å². The smallest absolute Gasteiger partial charge is 0.129 e. The second-order valence-corrected chi connectivity index (χ2v) is 4.80. The van der Waals surface area contributed by atoms with Gasteiger partial charge in [0.05, 0.1) is 12.5 Å². The number of rotatable bonds is 3. The lowest BCUT2D eigenvalue weighted by atomic mass is 10.1. The van der Waals surface area contributed by atoms with E-state index < -0.39 is 17.0 Å². The van der Waals surface area contributed by atoms with Gasteiger partial charge in [0.15, 0.2) is 0 Å². The van der Waals surface area contributed by atoms with Gasteiger partial charge in [0.2, 0.25) is 0 Å². The Bertz CT molecular complexity index is 527. The molecule has 1 unspecified atom stereocenters. The van der Waals surface area contributed by atoms with Crippen molar-refractivity contribution < 1.29 is 13.5 Å². The summed E-state index contributed by atoms with van der Waals surface area (Å²) < 4.78 is 31.6. The fraction of sp³-hybridized carbons (Fsp3) is 0.167. The highest BCUT2D eigenvalue weighted by atomic mass is 35.5. The molecule has 0 amide bonds. The number of halogens is 3. The zero-order chi connectivity index (χ0) is 12.4. The molecule has 1 nitrogen and oxygen atoms in total. The van der Waals surface area contributed by atoms with E-state index in [1.165, 1.54) is 18.4 Å². The molecule has 0 saturated heterocycles. The molecule has 1 aromatic heterocycles. The highest BCUT2D eigenvalue weighted by Crippen LogP contribution is 2.36. The van der Waals surface area contributed by atoms with Crippen molar-refractivity contribution in [2.24, 2.45) is 0 Å². The van der Waals surface area contributed by atoms with Crippen molar-refractivity contribution >= 4 is 22.9 Å². The Morgan fingerprint density at radius 1 is 1.29 bits per heavy atom. The van der Waals surface area contributed by atoms with Gasteiger partial charge < -0.3 is 4.74 Å². The Kier molecular flexibility index (Phi) is 3.64. The van der Waals surface area contributed by atoms with Crippen molar-refractivity contribution in [2.75, 3.05) is 7.11 Å². The number of alkyl halides is 1. The number of hydrogen-bond acceptors (Lipinski definition) is 2. The van der Waals surface area contributed by atoms with E-state index in [1.807, 2.05) is 0 Å². The van der Waals surface area contributed by atoms with Crippen LogP contribution in [0.25, 0.3) is 0 Å². The van der Waals surface area contributed by atoms with Gasteiger partial charge in [-0.1, -0.05) is 0 Å². The number of ether oxygens (including phenoxy) is 1. The van der Waals surface area contributed by atoms with Crippen LogP contribution in [0.2, 0.25) is 0 Å². The van der Waals surface area contributed by atoms with Crippen molar-refractivity contribution in [3.63, 3.8) is 0 Å². The van der Waals surface area contributed by atoms with Crippen LogP contribution in [-0.2, 0) is 0 Å². The summed E-state index contributed by atoms with van der Waals surface area (Å²) >= 11 is 7.47. The van der Waals surface area contributed by atoms with E-state index >= 15 is 0 Å². The van der Waals surface area contributed by atoms with E-state index in [4.69, 9.17) is 16.3 Å². The summed E-state index contributed by atoms with van der Waals surface area (Å²) in [7, 11) is 1.54. The van der Waals surface area contributed by atoms with E-state index in [1.54, 1.807) is 11.4 Å². The molecule has 0 aliphatic rings. The van der Waals surface area contributed by atoms with Crippen LogP contribution in [0, 0.1) is 11.6 Å². The van der Waals surface area contributed by atoms with Gasteiger partial charge in [0.1, 0.15) is 17.4 Å². The summed E-state index contributed by atoms with van der Waals surface area (Å²) in [6, 6.07) is 4.97. The average Bonchev–Trinajstić information content (AvgIpc) is 2.80. The topological polar surface area (TPSA) is 9.23 Å². The van der Waals surface area contributed by atoms with Crippen LogP contribution < -0.4 is 4.74 Å². The molecule has 2 rings (SSSR count). The maximum absolute atomic E-state index is 13.5. The normalized spacial score (nSPS) is 12.5. The predicted molar refractivity (Wildman–Crippen MR) is 64.9 cm³/mol. The molecular formula is C12H9ClF2OS. The van der Waals surface area contributed by atoms with Crippen LogP contribution in [0.4, 0.5) is 8.78 Å². The molecule has 0 bridgehead atoms. The lowest BCUT2D eigenvalue weighted by Gasteiger charge is -2.08. The highest BCUT2D eigenvalue weighted by molar-refractivity contribution is 7.10. The monoisotopic (exact) mass is 274 g/mol. The molecule has 1 heterocycles. The molecule has 1 atom stereocenters. The van der Waals surface area contributed by atoms with E-state index in [0.29, 0.717) is 10.6 Å². The summed E-state index contributed by atoms with van der Waals surface area (Å²) in [6.07, 6.45) is 0. The lowest BCUT2D eigenvalue weighted by molar-refractivity contribution is 0.416. The van der Waals surface area contributed by atoms with Crippen LogP contribution in [-0.4, -0.2) is 7.11 Å². The Labute approximate surface area is 107 Å². The van der Waals surface area contributed by atoms with Gasteiger partial charge in [-0.05, 0) is 24.3 Å². The third kappa shape index (κ3) is 2.58. The van der Waals surface area contributed by atoms with Gasteiger partial charge in [-0.2, -0.15) is 0 Å². The second-order valence-electron chi connectivity index (χ2n) is 3.42. The van der Waals surface area contributed by atoms with Crippen LogP contribution in [0.3, 0.4) is 0 Å². The van der Waals surface area contributed by atoms with Crippen LogP contribution in [0.15, 0.2) is 29.6 Å². The summed E-state index contributed by atoms with van der Waals surface area (Å²) in [5.74, 6) is -0.359. The first-order chi connectivity index (χ1) is 8.11. The Hall–Kier alpha value is -1.13. The predicted octanol–water partition coefficient (Wildman–Crippen LogP) is 4.36. The van der Waals surface area contributed by atoms with E-state index in [0.717, 1.165) is 18.2 Å². The SMILES string of the molecule is COc1csc(C(Cl)c2cc(F)ccc2F)c1. The van der Waals surface area contributed by atoms with Gasteiger partial charge in [0.25, 0.3) is 0 Å². The Morgan fingerprint density at radius 2 is 2.06 bits per heavy atom. The number of methoxy groups -OCH3 is 1. The summed E-state index contributed by atoms with van der Waals surface area (Å²) in [5.41, 5.74) is 0.135. The maximum Gasteiger partial charge on any atom is 0.129 e. The zero-order valence-electron chi connectivity index (χ0n) is 8.91. The fourth-order valence-corrected chi connectivity index (χ4v) is 2.67. The van der Waals surface area contributed by atoms with Gasteiger partial charge in [0, 0.05) is 15.8 Å². The van der Waals surface area contributed by atoms with E-state index in [9.17, 15) is 8.78 Å². The van der Waals surface area contributed by atoms with Gasteiger partial charge >= 0.3 is 0 Å².